The molecule has 0 saturated carbocycles. The van der Waals surface area contributed by atoms with Crippen LogP contribution in [0, 0.1) is 5.92 Å². The van der Waals surface area contributed by atoms with E-state index in [0.29, 0.717) is 18.3 Å². The summed E-state index contributed by atoms with van der Waals surface area (Å²) in [6, 6.07) is 10.0. The van der Waals surface area contributed by atoms with Crippen LogP contribution in [0.15, 0.2) is 34.9 Å². The van der Waals surface area contributed by atoms with Gasteiger partial charge in [0.1, 0.15) is 0 Å². The first-order valence-corrected chi connectivity index (χ1v) is 9.06. The minimum absolute atomic E-state index is 0.0410. The summed E-state index contributed by atoms with van der Waals surface area (Å²) in [4.78, 5) is 19.1. The number of hydrogen-bond acceptors (Lipinski definition) is 5. The van der Waals surface area contributed by atoms with E-state index < -0.39 is 0 Å². The monoisotopic (exact) mass is 342 g/mol. The molecule has 1 aromatic carbocycles. The number of nitrogens with one attached hydrogen (secondary N) is 1. The molecule has 1 amide bonds. The third kappa shape index (κ3) is 4.66. The lowest BCUT2D eigenvalue weighted by atomic mass is 9.96. The Bertz CT molecular complexity index is 686. The number of carbonyl (C=O) groups is 1. The maximum Gasteiger partial charge on any atom is 0.241 e. The van der Waals surface area contributed by atoms with Gasteiger partial charge in [-0.2, -0.15) is 4.98 Å². The van der Waals surface area contributed by atoms with Crippen molar-refractivity contribution >= 4 is 5.91 Å². The Morgan fingerprint density at radius 2 is 2.20 bits per heavy atom. The average molecular weight is 342 g/mol. The van der Waals surface area contributed by atoms with Crippen molar-refractivity contribution in [2.45, 2.75) is 45.7 Å². The predicted octanol–water partition coefficient (Wildman–Crippen LogP) is 2.86. The molecular formula is C19H26N4O2. The molecule has 0 aliphatic carbocycles. The van der Waals surface area contributed by atoms with Crippen molar-refractivity contribution in [3.8, 4) is 11.4 Å². The van der Waals surface area contributed by atoms with E-state index >= 15 is 0 Å². The highest BCUT2D eigenvalue weighted by Crippen LogP contribution is 2.20. The summed E-state index contributed by atoms with van der Waals surface area (Å²) in [6.45, 7) is 6.41. The maximum atomic E-state index is 12.4. The van der Waals surface area contributed by atoms with Crippen molar-refractivity contribution in [3.63, 3.8) is 0 Å². The lowest BCUT2D eigenvalue weighted by Crippen LogP contribution is -2.44. The standard InChI is InChI=1S/C19H26N4O2/c1-3-14(2)20-19(24)16-10-7-11-23(12-16)13-17-21-18(22-25-17)15-8-5-4-6-9-15/h4-6,8-9,14,16H,3,7,10-13H2,1-2H3,(H,20,24). The Kier molecular flexibility index (Phi) is 5.81. The van der Waals surface area contributed by atoms with Crippen LogP contribution in [-0.4, -0.2) is 40.1 Å². The summed E-state index contributed by atoms with van der Waals surface area (Å²) in [5.74, 6) is 1.41. The summed E-state index contributed by atoms with van der Waals surface area (Å²) in [5, 5.41) is 7.16. The lowest BCUT2D eigenvalue weighted by molar-refractivity contribution is -0.127. The number of likely N-dealkylation sites (tertiary alicyclic amines) is 1. The third-order valence-corrected chi connectivity index (χ3v) is 4.74. The molecule has 0 bridgehead atoms. The molecule has 1 aliphatic rings. The highest BCUT2D eigenvalue weighted by Gasteiger charge is 2.27. The number of nitrogens with zero attached hydrogens (tertiary/aromatic N) is 3. The first-order valence-electron chi connectivity index (χ1n) is 9.06. The molecule has 0 spiro atoms. The molecule has 1 aliphatic heterocycles. The van der Waals surface area contributed by atoms with E-state index in [1.54, 1.807) is 0 Å². The molecule has 0 radical (unpaired) electrons. The summed E-state index contributed by atoms with van der Waals surface area (Å²) >= 11 is 0. The van der Waals surface area contributed by atoms with E-state index in [9.17, 15) is 4.79 Å². The molecule has 25 heavy (non-hydrogen) atoms. The van der Waals surface area contributed by atoms with E-state index in [1.165, 1.54) is 0 Å². The van der Waals surface area contributed by atoms with Crippen molar-refractivity contribution in [3.05, 3.63) is 36.2 Å². The topological polar surface area (TPSA) is 71.3 Å². The number of hydrogen-bond donors (Lipinski definition) is 1. The molecule has 2 aromatic rings. The van der Waals surface area contributed by atoms with Crippen LogP contribution in [0.4, 0.5) is 0 Å². The fourth-order valence-corrected chi connectivity index (χ4v) is 3.09. The number of piperidine rings is 1. The molecule has 1 N–H and O–H groups in total. The summed E-state index contributed by atoms with van der Waals surface area (Å²) in [6.07, 6.45) is 2.91. The molecule has 6 heteroatoms. The zero-order valence-electron chi connectivity index (χ0n) is 14.9. The molecule has 2 atom stereocenters. The van der Waals surface area contributed by atoms with Crippen LogP contribution in [0.1, 0.15) is 39.0 Å². The predicted molar refractivity (Wildman–Crippen MR) is 95.6 cm³/mol. The molecule has 2 unspecified atom stereocenters. The zero-order valence-corrected chi connectivity index (χ0v) is 14.9. The van der Waals surface area contributed by atoms with Gasteiger partial charge in [0, 0.05) is 18.2 Å². The normalized spacial score (nSPS) is 19.5. The van der Waals surface area contributed by atoms with Gasteiger partial charge in [0.2, 0.25) is 17.6 Å². The Labute approximate surface area is 148 Å². The molecule has 6 nitrogen and oxygen atoms in total. The van der Waals surface area contributed by atoms with Gasteiger partial charge in [0.15, 0.2) is 0 Å². The highest BCUT2D eigenvalue weighted by atomic mass is 16.5. The van der Waals surface area contributed by atoms with Gasteiger partial charge in [-0.25, -0.2) is 0 Å². The van der Waals surface area contributed by atoms with Crippen LogP contribution in [0.2, 0.25) is 0 Å². The van der Waals surface area contributed by atoms with Gasteiger partial charge >= 0.3 is 0 Å². The van der Waals surface area contributed by atoms with Crippen molar-refractivity contribution < 1.29 is 9.32 Å². The lowest BCUT2D eigenvalue weighted by Gasteiger charge is -2.31. The van der Waals surface area contributed by atoms with E-state index in [-0.39, 0.29) is 17.9 Å². The zero-order chi connectivity index (χ0) is 17.6. The Morgan fingerprint density at radius 3 is 2.96 bits per heavy atom. The van der Waals surface area contributed by atoms with Crippen molar-refractivity contribution in [2.24, 2.45) is 5.92 Å². The Morgan fingerprint density at radius 1 is 1.40 bits per heavy atom. The molecular weight excluding hydrogens is 316 g/mol. The molecule has 1 aromatic heterocycles. The first-order chi connectivity index (χ1) is 12.2. The molecule has 3 rings (SSSR count). The van der Waals surface area contributed by atoms with Crippen molar-refractivity contribution in [2.75, 3.05) is 13.1 Å². The van der Waals surface area contributed by atoms with Crippen LogP contribution in [0.25, 0.3) is 11.4 Å². The van der Waals surface area contributed by atoms with Gasteiger partial charge in [-0.05, 0) is 32.7 Å². The minimum Gasteiger partial charge on any atom is -0.353 e. The second-order valence-corrected chi connectivity index (χ2v) is 6.77. The van der Waals surface area contributed by atoms with Crippen LogP contribution in [0.5, 0.6) is 0 Å². The highest BCUT2D eigenvalue weighted by molar-refractivity contribution is 5.79. The molecule has 2 heterocycles. The van der Waals surface area contributed by atoms with Crippen LogP contribution >= 0.6 is 0 Å². The van der Waals surface area contributed by atoms with Crippen molar-refractivity contribution in [1.82, 2.24) is 20.4 Å². The number of benzene rings is 1. The van der Waals surface area contributed by atoms with Gasteiger partial charge in [0.25, 0.3) is 0 Å². The Balaban J connectivity index is 1.58. The second-order valence-electron chi connectivity index (χ2n) is 6.77. The van der Waals surface area contributed by atoms with Gasteiger partial charge in [-0.15, -0.1) is 0 Å². The average Bonchev–Trinajstić information content (AvgIpc) is 3.11. The SMILES string of the molecule is CCC(C)NC(=O)C1CCCN(Cc2nc(-c3ccccc3)no2)C1. The number of carbonyl (C=O) groups excluding carboxylic acids is 1. The van der Waals surface area contributed by atoms with Gasteiger partial charge in [-0.3, -0.25) is 9.69 Å². The maximum absolute atomic E-state index is 12.4. The van der Waals surface area contributed by atoms with Gasteiger partial charge in [-0.1, -0.05) is 42.4 Å². The fraction of sp³-hybridized carbons (Fsp3) is 0.526. The third-order valence-electron chi connectivity index (χ3n) is 4.74. The van der Waals surface area contributed by atoms with E-state index in [0.717, 1.165) is 37.9 Å². The van der Waals surface area contributed by atoms with Crippen molar-refractivity contribution in [1.29, 1.82) is 0 Å². The van der Waals surface area contributed by atoms with Crippen LogP contribution in [-0.2, 0) is 11.3 Å². The van der Waals surface area contributed by atoms with Crippen LogP contribution in [0.3, 0.4) is 0 Å². The molecule has 1 saturated heterocycles. The molecule has 134 valence electrons. The van der Waals surface area contributed by atoms with E-state index in [2.05, 4.69) is 27.3 Å². The second kappa shape index (κ2) is 8.25. The van der Waals surface area contributed by atoms with Gasteiger partial charge < -0.3 is 9.84 Å². The first kappa shape index (κ1) is 17.6. The smallest absolute Gasteiger partial charge is 0.241 e. The minimum atomic E-state index is 0.0410. The Hall–Kier alpha value is -2.21. The summed E-state index contributed by atoms with van der Waals surface area (Å²) < 4.78 is 5.40. The summed E-state index contributed by atoms with van der Waals surface area (Å²) in [5.41, 5.74) is 0.946. The number of amides is 1. The number of aromatic nitrogens is 2. The molecule has 1 fully saturated rings. The van der Waals surface area contributed by atoms with Crippen LogP contribution < -0.4 is 5.32 Å². The number of rotatable bonds is 6. The fourth-order valence-electron chi connectivity index (χ4n) is 3.09. The van der Waals surface area contributed by atoms with E-state index in [4.69, 9.17) is 4.52 Å². The summed E-state index contributed by atoms with van der Waals surface area (Å²) in [7, 11) is 0. The quantitative estimate of drug-likeness (QED) is 0.874. The largest absolute Gasteiger partial charge is 0.353 e. The van der Waals surface area contributed by atoms with E-state index in [1.807, 2.05) is 37.3 Å². The van der Waals surface area contributed by atoms with Gasteiger partial charge in [0.05, 0.1) is 12.5 Å².